The van der Waals surface area contributed by atoms with Gasteiger partial charge in [0, 0.05) is 18.4 Å². The number of H-pyrrole nitrogens is 1. The van der Waals surface area contributed by atoms with Gasteiger partial charge in [0.05, 0.1) is 30.8 Å². The molecule has 9 heteroatoms. The minimum absolute atomic E-state index is 0.0338. The number of amides is 1. The molecule has 0 bridgehead atoms. The fourth-order valence-electron chi connectivity index (χ4n) is 3.37. The highest BCUT2D eigenvalue weighted by molar-refractivity contribution is 5.96. The van der Waals surface area contributed by atoms with Crippen LogP contribution in [0.4, 0.5) is 0 Å². The van der Waals surface area contributed by atoms with E-state index in [9.17, 15) is 4.79 Å². The normalized spacial score (nSPS) is 20.3. The number of rotatable bonds is 2. The third-order valence-corrected chi connectivity index (χ3v) is 4.56. The van der Waals surface area contributed by atoms with Gasteiger partial charge in [0.1, 0.15) is 5.82 Å². The number of carbonyl (C=O) groups excluding carboxylic acids is 1. The average molecular weight is 325 g/mol. The number of ether oxygens (including phenoxy) is 1. The second-order valence-corrected chi connectivity index (χ2v) is 6.12. The summed E-state index contributed by atoms with van der Waals surface area (Å²) in [7, 11) is 0. The topological polar surface area (TPSA) is 102 Å². The molecule has 0 spiro atoms. The number of fused-ring (bicyclic) bond motifs is 2. The van der Waals surface area contributed by atoms with Crippen LogP contribution in [0.15, 0.2) is 12.4 Å². The average Bonchev–Trinajstić information content (AvgIpc) is 3.31. The van der Waals surface area contributed by atoms with Crippen molar-refractivity contribution in [2.75, 3.05) is 13.2 Å². The summed E-state index contributed by atoms with van der Waals surface area (Å²) in [6.45, 7) is 3.70. The van der Waals surface area contributed by atoms with Crippen molar-refractivity contribution in [2.24, 2.45) is 0 Å². The maximum atomic E-state index is 12.7. The lowest BCUT2D eigenvalue weighted by molar-refractivity contribution is 0.0672. The lowest BCUT2D eigenvalue weighted by Gasteiger charge is -2.22. The van der Waals surface area contributed by atoms with E-state index in [-0.39, 0.29) is 11.9 Å². The molecule has 9 nitrogen and oxygen atoms in total. The first-order chi connectivity index (χ1) is 11.7. The van der Waals surface area contributed by atoms with Crippen molar-refractivity contribution < 1.29 is 9.53 Å². The molecule has 0 aliphatic carbocycles. The van der Waals surface area contributed by atoms with Crippen molar-refractivity contribution in [3.8, 4) is 5.82 Å². The van der Waals surface area contributed by atoms with E-state index in [0.717, 1.165) is 17.4 Å². The van der Waals surface area contributed by atoms with Gasteiger partial charge in [-0.2, -0.15) is 10.2 Å². The predicted molar refractivity (Wildman–Crippen MR) is 82.6 cm³/mol. The number of aryl methyl sites for hydroxylation is 1. The van der Waals surface area contributed by atoms with Gasteiger partial charge in [0.2, 0.25) is 0 Å². The second-order valence-electron chi connectivity index (χ2n) is 6.12. The number of hydrogen-bond donors (Lipinski definition) is 1. The van der Waals surface area contributed by atoms with Gasteiger partial charge in [-0.3, -0.25) is 9.89 Å². The van der Waals surface area contributed by atoms with Gasteiger partial charge in [0.15, 0.2) is 17.2 Å². The van der Waals surface area contributed by atoms with Gasteiger partial charge in [0.25, 0.3) is 5.91 Å². The minimum atomic E-state index is -0.0338. The van der Waals surface area contributed by atoms with Crippen molar-refractivity contribution in [1.29, 1.82) is 0 Å². The summed E-state index contributed by atoms with van der Waals surface area (Å²) < 4.78 is 7.04. The molecule has 1 N–H and O–H groups in total. The van der Waals surface area contributed by atoms with Gasteiger partial charge in [-0.1, -0.05) is 0 Å². The van der Waals surface area contributed by atoms with Crippen molar-refractivity contribution in [1.82, 2.24) is 34.8 Å². The second kappa shape index (κ2) is 4.84. The molecule has 0 saturated carbocycles. The standard InChI is InChI=1S/C15H15N7O2/c1-8-17-13-11(4-16-19-13)14(18-8)22-6-9-5-21(10-2-3-24-7-10)15(23)12(9)20-22/h4,6,10H,2-3,5,7H2,1H3,(H,16,17,18,19). The van der Waals surface area contributed by atoms with E-state index in [4.69, 9.17) is 4.74 Å². The number of hydrogen-bond acceptors (Lipinski definition) is 6. The highest BCUT2D eigenvalue weighted by atomic mass is 16.5. The molecule has 0 aromatic carbocycles. The Morgan fingerprint density at radius 2 is 2.29 bits per heavy atom. The Labute approximate surface area is 136 Å². The van der Waals surface area contributed by atoms with Crippen LogP contribution >= 0.6 is 0 Å². The monoisotopic (exact) mass is 325 g/mol. The molecule has 122 valence electrons. The quantitative estimate of drug-likeness (QED) is 0.740. The number of nitrogens with zero attached hydrogens (tertiary/aromatic N) is 6. The van der Waals surface area contributed by atoms with Crippen molar-refractivity contribution >= 4 is 16.9 Å². The molecule has 0 radical (unpaired) electrons. The highest BCUT2D eigenvalue weighted by Gasteiger charge is 2.37. The van der Waals surface area contributed by atoms with Gasteiger partial charge in [-0.25, -0.2) is 14.6 Å². The number of aromatic nitrogens is 6. The van der Waals surface area contributed by atoms with Crippen LogP contribution in [0.1, 0.15) is 28.3 Å². The summed E-state index contributed by atoms with van der Waals surface area (Å²) in [5.74, 6) is 1.21. The number of nitrogens with one attached hydrogen (secondary N) is 1. The molecular weight excluding hydrogens is 310 g/mol. The predicted octanol–water partition coefficient (Wildman–Crippen LogP) is 0.592. The third kappa shape index (κ3) is 1.88. The largest absolute Gasteiger partial charge is 0.379 e. The molecule has 1 amide bonds. The van der Waals surface area contributed by atoms with E-state index in [1.165, 1.54) is 0 Å². The van der Waals surface area contributed by atoms with Crippen LogP contribution in [-0.4, -0.2) is 60.0 Å². The summed E-state index contributed by atoms with van der Waals surface area (Å²) in [6.07, 6.45) is 4.43. The van der Waals surface area contributed by atoms with Crippen LogP contribution in [-0.2, 0) is 11.3 Å². The van der Waals surface area contributed by atoms with Crippen LogP contribution in [0.5, 0.6) is 0 Å². The molecule has 5 rings (SSSR count). The molecule has 1 fully saturated rings. The molecular formula is C15H15N7O2. The molecule has 2 aliphatic heterocycles. The van der Waals surface area contributed by atoms with E-state index < -0.39 is 0 Å². The van der Waals surface area contributed by atoms with Crippen LogP contribution in [0.2, 0.25) is 0 Å². The SMILES string of the molecule is Cc1nc(-n2cc3c(n2)C(=O)N(C2CCOC2)C3)c2cn[nH]c2n1. The maximum absolute atomic E-state index is 12.7. The third-order valence-electron chi connectivity index (χ3n) is 4.56. The zero-order valence-electron chi connectivity index (χ0n) is 13.1. The first-order valence-electron chi connectivity index (χ1n) is 7.86. The zero-order chi connectivity index (χ0) is 16.3. The highest BCUT2D eigenvalue weighted by Crippen LogP contribution is 2.28. The van der Waals surface area contributed by atoms with Gasteiger partial charge in [-0.15, -0.1) is 0 Å². The summed E-state index contributed by atoms with van der Waals surface area (Å²) in [6, 6.07) is 0.155. The lowest BCUT2D eigenvalue weighted by Crippen LogP contribution is -2.36. The van der Waals surface area contributed by atoms with Crippen LogP contribution < -0.4 is 0 Å². The zero-order valence-corrected chi connectivity index (χ0v) is 13.1. The summed E-state index contributed by atoms with van der Waals surface area (Å²) in [5, 5.41) is 12.1. The van der Waals surface area contributed by atoms with Crippen LogP contribution in [0.25, 0.3) is 16.9 Å². The Hall–Kier alpha value is -2.81. The molecule has 1 atom stereocenters. The van der Waals surface area contributed by atoms with Crippen molar-refractivity contribution in [2.45, 2.75) is 25.9 Å². The van der Waals surface area contributed by atoms with Crippen LogP contribution in [0, 0.1) is 6.92 Å². The number of aromatic amines is 1. The minimum Gasteiger partial charge on any atom is -0.379 e. The van der Waals surface area contributed by atoms with E-state index in [2.05, 4.69) is 25.3 Å². The Bertz CT molecular complexity index is 954. The van der Waals surface area contributed by atoms with Gasteiger partial charge >= 0.3 is 0 Å². The molecule has 3 aromatic rings. The van der Waals surface area contributed by atoms with Crippen LogP contribution in [0.3, 0.4) is 0 Å². The van der Waals surface area contributed by atoms with Crippen molar-refractivity contribution in [3.63, 3.8) is 0 Å². The Balaban J connectivity index is 1.55. The first kappa shape index (κ1) is 13.6. The molecule has 24 heavy (non-hydrogen) atoms. The molecule has 2 aliphatic rings. The van der Waals surface area contributed by atoms with Gasteiger partial charge in [-0.05, 0) is 13.3 Å². The van der Waals surface area contributed by atoms with E-state index in [0.29, 0.717) is 42.7 Å². The summed E-state index contributed by atoms with van der Waals surface area (Å²) in [5.41, 5.74) is 2.07. The molecule has 5 heterocycles. The summed E-state index contributed by atoms with van der Waals surface area (Å²) in [4.78, 5) is 23.3. The van der Waals surface area contributed by atoms with E-state index in [1.807, 2.05) is 18.0 Å². The van der Waals surface area contributed by atoms with E-state index in [1.54, 1.807) is 10.9 Å². The molecule has 1 unspecified atom stereocenters. The lowest BCUT2D eigenvalue weighted by atomic mass is 10.2. The fourth-order valence-corrected chi connectivity index (χ4v) is 3.37. The smallest absolute Gasteiger partial charge is 0.275 e. The van der Waals surface area contributed by atoms with Gasteiger partial charge < -0.3 is 9.64 Å². The Kier molecular flexibility index (Phi) is 2.75. The van der Waals surface area contributed by atoms with Crippen molar-refractivity contribution in [3.05, 3.63) is 29.5 Å². The number of carbonyl (C=O) groups is 1. The Morgan fingerprint density at radius 1 is 1.38 bits per heavy atom. The molecule has 1 saturated heterocycles. The molecule has 3 aromatic heterocycles. The summed E-state index contributed by atoms with van der Waals surface area (Å²) >= 11 is 0. The fraction of sp³-hybridized carbons (Fsp3) is 0.400. The van der Waals surface area contributed by atoms with E-state index >= 15 is 0 Å². The Morgan fingerprint density at radius 3 is 3.08 bits per heavy atom. The first-order valence-corrected chi connectivity index (χ1v) is 7.86. The maximum Gasteiger partial charge on any atom is 0.275 e.